The SMILES string of the molecule is CCn1cc(NC(=O)C(C)n2cc(C(=O)O)cn2)c(C(N)=O)n1. The summed E-state index contributed by atoms with van der Waals surface area (Å²) in [6.45, 7) is 3.87. The normalized spacial score (nSPS) is 11.9. The minimum Gasteiger partial charge on any atom is -0.478 e. The molecular formula is C13H16N6O4. The maximum absolute atomic E-state index is 12.3. The number of aryl methyl sites for hydroxylation is 1. The topological polar surface area (TPSA) is 145 Å². The standard InChI is InChI=1S/C13H16N6O4/c1-3-18-6-9(10(17-18)11(14)20)16-12(21)7(2)19-5-8(4-15-19)13(22)23/h4-7H,3H2,1-2H3,(H2,14,20)(H,16,21)(H,22,23). The van der Waals surface area contributed by atoms with Crippen LogP contribution in [0, 0.1) is 0 Å². The number of hydrogen-bond acceptors (Lipinski definition) is 5. The first kappa shape index (κ1) is 16.2. The highest BCUT2D eigenvalue weighted by molar-refractivity contribution is 6.02. The number of primary amides is 1. The van der Waals surface area contributed by atoms with Gasteiger partial charge in [-0.3, -0.25) is 19.0 Å². The number of carbonyl (C=O) groups excluding carboxylic acids is 2. The Balaban J connectivity index is 2.19. The van der Waals surface area contributed by atoms with Gasteiger partial charge in [-0.1, -0.05) is 0 Å². The first-order chi connectivity index (χ1) is 10.8. The minimum absolute atomic E-state index is 0.0266. The van der Waals surface area contributed by atoms with Crippen LogP contribution in [-0.4, -0.2) is 42.5 Å². The van der Waals surface area contributed by atoms with Gasteiger partial charge >= 0.3 is 5.97 Å². The summed E-state index contributed by atoms with van der Waals surface area (Å²) in [4.78, 5) is 34.5. The van der Waals surface area contributed by atoms with Gasteiger partial charge in [-0.25, -0.2) is 4.79 Å². The second-order valence-corrected chi connectivity index (χ2v) is 4.79. The van der Waals surface area contributed by atoms with Gasteiger partial charge in [0.05, 0.1) is 17.4 Å². The molecule has 0 spiro atoms. The number of carboxylic acids is 1. The third-order valence-electron chi connectivity index (χ3n) is 3.20. The Morgan fingerprint density at radius 2 is 2.09 bits per heavy atom. The van der Waals surface area contributed by atoms with Crippen molar-refractivity contribution >= 4 is 23.5 Å². The Hall–Kier alpha value is -3.17. The second-order valence-electron chi connectivity index (χ2n) is 4.79. The van der Waals surface area contributed by atoms with Crippen LogP contribution in [0.15, 0.2) is 18.6 Å². The Bertz CT molecular complexity index is 762. The Morgan fingerprint density at radius 1 is 1.39 bits per heavy atom. The highest BCUT2D eigenvalue weighted by atomic mass is 16.4. The molecule has 2 rings (SSSR count). The second kappa shape index (κ2) is 6.30. The van der Waals surface area contributed by atoms with Crippen molar-refractivity contribution in [3.05, 3.63) is 29.8 Å². The molecule has 2 heterocycles. The zero-order chi connectivity index (χ0) is 17.1. The summed E-state index contributed by atoms with van der Waals surface area (Å²) in [5.41, 5.74) is 5.36. The fourth-order valence-electron chi connectivity index (χ4n) is 1.87. The summed E-state index contributed by atoms with van der Waals surface area (Å²) in [5.74, 6) is -2.38. The van der Waals surface area contributed by atoms with Gasteiger partial charge in [0.1, 0.15) is 6.04 Å². The molecular weight excluding hydrogens is 304 g/mol. The van der Waals surface area contributed by atoms with E-state index in [1.807, 2.05) is 6.92 Å². The number of aromatic nitrogens is 4. The summed E-state index contributed by atoms with van der Waals surface area (Å²) >= 11 is 0. The van der Waals surface area contributed by atoms with E-state index in [9.17, 15) is 14.4 Å². The quantitative estimate of drug-likeness (QED) is 0.688. The molecule has 2 amide bonds. The average Bonchev–Trinajstić information content (AvgIpc) is 3.13. The van der Waals surface area contributed by atoms with Crippen molar-refractivity contribution in [3.63, 3.8) is 0 Å². The Labute approximate surface area is 130 Å². The summed E-state index contributed by atoms with van der Waals surface area (Å²) in [6.07, 6.45) is 3.89. The molecule has 0 aliphatic heterocycles. The minimum atomic E-state index is -1.14. The summed E-state index contributed by atoms with van der Waals surface area (Å²) < 4.78 is 2.68. The van der Waals surface area contributed by atoms with Crippen LogP contribution in [0.1, 0.15) is 40.7 Å². The van der Waals surface area contributed by atoms with Crippen molar-refractivity contribution in [1.82, 2.24) is 19.6 Å². The average molecular weight is 320 g/mol. The molecule has 1 unspecified atom stereocenters. The van der Waals surface area contributed by atoms with E-state index in [4.69, 9.17) is 10.8 Å². The third kappa shape index (κ3) is 3.36. The number of carbonyl (C=O) groups is 3. The van der Waals surface area contributed by atoms with Gasteiger partial charge in [-0.05, 0) is 13.8 Å². The summed E-state index contributed by atoms with van der Waals surface area (Å²) in [6, 6.07) is -0.784. The molecule has 2 aromatic heterocycles. The summed E-state index contributed by atoms with van der Waals surface area (Å²) in [7, 11) is 0. The molecule has 10 nitrogen and oxygen atoms in total. The van der Waals surface area contributed by atoms with E-state index in [1.165, 1.54) is 21.8 Å². The van der Waals surface area contributed by atoms with Gasteiger partial charge in [-0.15, -0.1) is 0 Å². The van der Waals surface area contributed by atoms with E-state index in [0.29, 0.717) is 6.54 Å². The molecule has 0 aromatic carbocycles. The Morgan fingerprint density at radius 3 is 2.61 bits per heavy atom. The number of anilines is 1. The van der Waals surface area contributed by atoms with Crippen LogP contribution in [0.3, 0.4) is 0 Å². The highest BCUT2D eigenvalue weighted by Gasteiger charge is 2.21. The van der Waals surface area contributed by atoms with Gasteiger partial charge in [0, 0.05) is 18.9 Å². The van der Waals surface area contributed by atoms with Gasteiger partial charge in [0.2, 0.25) is 5.91 Å². The number of hydrogen-bond donors (Lipinski definition) is 3. The van der Waals surface area contributed by atoms with Crippen molar-refractivity contribution in [2.75, 3.05) is 5.32 Å². The number of amides is 2. The number of carboxylic acid groups (broad SMARTS) is 1. The first-order valence-corrected chi connectivity index (χ1v) is 6.79. The van der Waals surface area contributed by atoms with Crippen LogP contribution in [-0.2, 0) is 11.3 Å². The number of aromatic carboxylic acids is 1. The van der Waals surface area contributed by atoms with E-state index in [0.717, 1.165) is 6.20 Å². The van der Waals surface area contributed by atoms with Crippen molar-refractivity contribution in [1.29, 1.82) is 0 Å². The Kier molecular flexibility index (Phi) is 4.44. The molecule has 23 heavy (non-hydrogen) atoms. The molecule has 2 aromatic rings. The van der Waals surface area contributed by atoms with E-state index in [1.54, 1.807) is 6.92 Å². The molecule has 0 radical (unpaired) electrons. The lowest BCUT2D eigenvalue weighted by Gasteiger charge is -2.12. The van der Waals surface area contributed by atoms with Gasteiger partial charge in [0.15, 0.2) is 5.69 Å². The lowest BCUT2D eigenvalue weighted by Crippen LogP contribution is -2.25. The maximum Gasteiger partial charge on any atom is 0.338 e. The monoisotopic (exact) mass is 320 g/mol. The van der Waals surface area contributed by atoms with Crippen molar-refractivity contribution in [3.8, 4) is 0 Å². The molecule has 1 atom stereocenters. The van der Waals surface area contributed by atoms with Crippen molar-refractivity contribution in [2.24, 2.45) is 5.73 Å². The predicted molar refractivity (Wildman–Crippen MR) is 78.9 cm³/mol. The van der Waals surface area contributed by atoms with Crippen LogP contribution in [0.5, 0.6) is 0 Å². The highest BCUT2D eigenvalue weighted by Crippen LogP contribution is 2.16. The van der Waals surface area contributed by atoms with E-state index in [2.05, 4.69) is 15.5 Å². The zero-order valence-electron chi connectivity index (χ0n) is 12.6. The van der Waals surface area contributed by atoms with Gasteiger partial charge < -0.3 is 16.2 Å². The molecule has 0 fully saturated rings. The lowest BCUT2D eigenvalue weighted by atomic mass is 10.3. The molecule has 10 heteroatoms. The fourth-order valence-corrected chi connectivity index (χ4v) is 1.87. The van der Waals surface area contributed by atoms with Gasteiger partial charge in [0.25, 0.3) is 5.91 Å². The third-order valence-corrected chi connectivity index (χ3v) is 3.20. The molecule has 0 saturated heterocycles. The van der Waals surface area contributed by atoms with E-state index < -0.39 is 23.8 Å². The number of rotatable bonds is 6. The molecule has 0 bridgehead atoms. The number of nitrogens with one attached hydrogen (secondary N) is 1. The smallest absolute Gasteiger partial charge is 0.338 e. The van der Waals surface area contributed by atoms with Crippen LogP contribution in [0.2, 0.25) is 0 Å². The van der Waals surface area contributed by atoms with Crippen LogP contribution in [0.25, 0.3) is 0 Å². The maximum atomic E-state index is 12.3. The van der Waals surface area contributed by atoms with Crippen molar-refractivity contribution < 1.29 is 19.5 Å². The van der Waals surface area contributed by atoms with Crippen molar-refractivity contribution in [2.45, 2.75) is 26.4 Å². The van der Waals surface area contributed by atoms with E-state index in [-0.39, 0.29) is 16.9 Å². The molecule has 122 valence electrons. The first-order valence-electron chi connectivity index (χ1n) is 6.79. The summed E-state index contributed by atoms with van der Waals surface area (Å²) in [5, 5.41) is 19.2. The molecule has 0 aliphatic rings. The van der Waals surface area contributed by atoms with E-state index >= 15 is 0 Å². The van der Waals surface area contributed by atoms with Crippen LogP contribution < -0.4 is 11.1 Å². The number of nitrogens with two attached hydrogens (primary N) is 1. The lowest BCUT2D eigenvalue weighted by molar-refractivity contribution is -0.119. The van der Waals surface area contributed by atoms with Gasteiger partial charge in [-0.2, -0.15) is 10.2 Å². The predicted octanol–water partition coefficient (Wildman–Crippen LogP) is 0.0963. The zero-order valence-corrected chi connectivity index (χ0v) is 12.6. The van der Waals surface area contributed by atoms with Crippen LogP contribution >= 0.6 is 0 Å². The largest absolute Gasteiger partial charge is 0.478 e. The molecule has 0 saturated carbocycles. The van der Waals surface area contributed by atoms with Crippen LogP contribution in [0.4, 0.5) is 5.69 Å². The number of nitrogens with zero attached hydrogens (tertiary/aromatic N) is 4. The molecule has 4 N–H and O–H groups in total. The molecule has 0 aliphatic carbocycles. The fraction of sp³-hybridized carbons (Fsp3) is 0.308.